The summed E-state index contributed by atoms with van der Waals surface area (Å²) in [6.45, 7) is 2.23. The topological polar surface area (TPSA) is 0 Å². The lowest BCUT2D eigenvalue weighted by atomic mass is 9.81. The van der Waals surface area contributed by atoms with Crippen LogP contribution in [-0.4, -0.2) is 22.2 Å². The predicted molar refractivity (Wildman–Crippen MR) is 87.9 cm³/mol. The Balaban J connectivity index is 2.68. The van der Waals surface area contributed by atoms with Gasteiger partial charge in [0, 0.05) is 16.1 Å². The average Bonchev–Trinajstić information content (AvgIpc) is 2.41. The molecular formula is C14H20Br2S. The Hall–Kier alpha value is 0.530. The van der Waals surface area contributed by atoms with Gasteiger partial charge in [0.1, 0.15) is 0 Å². The molecule has 0 atom stereocenters. The molecule has 0 aliphatic heterocycles. The van der Waals surface area contributed by atoms with Crippen LogP contribution in [0.25, 0.3) is 0 Å². The molecule has 96 valence electrons. The molecule has 0 nitrogen and oxygen atoms in total. The Kier molecular flexibility index (Phi) is 7.89. The van der Waals surface area contributed by atoms with Gasteiger partial charge in [0.15, 0.2) is 0 Å². The summed E-state index contributed by atoms with van der Waals surface area (Å²) in [5.74, 6) is 2.49. The van der Waals surface area contributed by atoms with E-state index in [1.165, 1.54) is 29.9 Å². The fraction of sp³-hybridized carbons (Fsp3) is 0.571. The highest BCUT2D eigenvalue weighted by Gasteiger charge is 2.29. The second-order valence-electron chi connectivity index (χ2n) is 4.21. The zero-order valence-corrected chi connectivity index (χ0v) is 14.3. The minimum atomic E-state index is 0.246. The maximum Gasteiger partial charge on any atom is 0.0147 e. The third-order valence-electron chi connectivity index (χ3n) is 3.05. The van der Waals surface area contributed by atoms with E-state index in [-0.39, 0.29) is 5.41 Å². The largest absolute Gasteiger partial charge is 0.162 e. The minimum absolute atomic E-state index is 0.246. The number of benzene rings is 1. The second-order valence-corrected chi connectivity index (χ2v) is 6.73. The fourth-order valence-corrected chi connectivity index (χ4v) is 4.69. The first-order valence-corrected chi connectivity index (χ1v) is 9.44. The third-order valence-corrected chi connectivity index (χ3v) is 6.18. The van der Waals surface area contributed by atoms with Crippen molar-refractivity contribution in [2.75, 3.05) is 22.2 Å². The highest BCUT2D eigenvalue weighted by molar-refractivity contribution is 9.09. The lowest BCUT2D eigenvalue weighted by Crippen LogP contribution is -2.30. The van der Waals surface area contributed by atoms with Gasteiger partial charge >= 0.3 is 0 Å². The molecule has 3 heteroatoms. The summed E-state index contributed by atoms with van der Waals surface area (Å²) >= 11 is 9.44. The van der Waals surface area contributed by atoms with Crippen LogP contribution in [0.4, 0.5) is 0 Å². The summed E-state index contributed by atoms with van der Waals surface area (Å²) in [4.78, 5) is 0. The molecule has 0 bridgehead atoms. The Morgan fingerprint density at radius 2 is 1.76 bits per heavy atom. The van der Waals surface area contributed by atoms with E-state index >= 15 is 0 Å². The quantitative estimate of drug-likeness (QED) is 0.439. The number of alkyl halides is 2. The van der Waals surface area contributed by atoms with Gasteiger partial charge in [-0.1, -0.05) is 69.1 Å². The van der Waals surface area contributed by atoms with Crippen LogP contribution in [0.5, 0.6) is 0 Å². The van der Waals surface area contributed by atoms with Gasteiger partial charge in [-0.3, -0.25) is 0 Å². The Morgan fingerprint density at radius 1 is 1.12 bits per heavy atom. The summed E-state index contributed by atoms with van der Waals surface area (Å²) in [7, 11) is 0. The average molecular weight is 380 g/mol. The van der Waals surface area contributed by atoms with E-state index in [0.717, 1.165) is 10.7 Å². The molecular weight excluding hydrogens is 360 g/mol. The van der Waals surface area contributed by atoms with Gasteiger partial charge in [0.25, 0.3) is 0 Å². The summed E-state index contributed by atoms with van der Waals surface area (Å²) in [5, 5.41) is 2.04. The molecule has 1 aromatic rings. The lowest BCUT2D eigenvalue weighted by molar-refractivity contribution is 0.499. The summed E-state index contributed by atoms with van der Waals surface area (Å²) in [6, 6.07) is 10.8. The highest BCUT2D eigenvalue weighted by Crippen LogP contribution is 2.34. The van der Waals surface area contributed by atoms with E-state index in [4.69, 9.17) is 0 Å². The molecule has 0 fully saturated rings. The first kappa shape index (κ1) is 15.6. The van der Waals surface area contributed by atoms with Crippen molar-refractivity contribution in [1.29, 1.82) is 0 Å². The smallest absolute Gasteiger partial charge is 0.0147 e. The normalized spacial score (nSPS) is 11.7. The van der Waals surface area contributed by atoms with Crippen molar-refractivity contribution >= 4 is 43.6 Å². The second kappa shape index (κ2) is 8.60. The molecule has 0 amide bonds. The van der Waals surface area contributed by atoms with Gasteiger partial charge in [0.2, 0.25) is 0 Å². The van der Waals surface area contributed by atoms with Crippen molar-refractivity contribution in [1.82, 2.24) is 0 Å². The van der Waals surface area contributed by atoms with Crippen molar-refractivity contribution in [2.45, 2.75) is 25.2 Å². The molecule has 0 heterocycles. The molecule has 1 rings (SSSR count). The molecule has 0 aliphatic rings. The van der Waals surface area contributed by atoms with Gasteiger partial charge < -0.3 is 0 Å². The number of rotatable bonds is 8. The molecule has 0 aliphatic carbocycles. The van der Waals surface area contributed by atoms with Crippen LogP contribution in [0.15, 0.2) is 30.3 Å². The van der Waals surface area contributed by atoms with Crippen molar-refractivity contribution in [2.24, 2.45) is 0 Å². The molecule has 1 aromatic carbocycles. The first-order chi connectivity index (χ1) is 8.29. The monoisotopic (exact) mass is 378 g/mol. The van der Waals surface area contributed by atoms with Gasteiger partial charge in [-0.15, -0.1) is 0 Å². The standard InChI is InChI=1S/C14H20Br2S/c1-2-17-10-6-9-14(11-15,12-16)13-7-4-3-5-8-13/h3-5,7-8H,2,6,9-12H2,1H3. The van der Waals surface area contributed by atoms with Crippen molar-refractivity contribution in [3.63, 3.8) is 0 Å². The Bertz CT molecular complexity index is 296. The summed E-state index contributed by atoms with van der Waals surface area (Å²) in [5.41, 5.74) is 1.69. The molecule has 0 spiro atoms. The fourth-order valence-electron chi connectivity index (χ4n) is 1.92. The third kappa shape index (κ3) is 4.60. The number of hydrogen-bond acceptors (Lipinski definition) is 1. The van der Waals surface area contributed by atoms with Crippen LogP contribution in [0.1, 0.15) is 25.3 Å². The summed E-state index contributed by atoms with van der Waals surface area (Å²) in [6.07, 6.45) is 2.52. The minimum Gasteiger partial charge on any atom is -0.162 e. The van der Waals surface area contributed by atoms with Crippen LogP contribution in [0.2, 0.25) is 0 Å². The number of halogens is 2. The van der Waals surface area contributed by atoms with Crippen LogP contribution >= 0.6 is 43.6 Å². The Morgan fingerprint density at radius 3 is 2.29 bits per heavy atom. The van der Waals surface area contributed by atoms with E-state index < -0.39 is 0 Å². The van der Waals surface area contributed by atoms with E-state index in [2.05, 4.69) is 69.1 Å². The summed E-state index contributed by atoms with van der Waals surface area (Å²) < 4.78 is 0. The zero-order chi connectivity index (χ0) is 12.6. The van der Waals surface area contributed by atoms with Gasteiger partial charge in [-0.05, 0) is 29.9 Å². The maximum absolute atomic E-state index is 3.70. The predicted octanol–water partition coefficient (Wildman–Crippen LogP) is 5.25. The van der Waals surface area contributed by atoms with E-state index in [9.17, 15) is 0 Å². The molecule has 0 saturated carbocycles. The van der Waals surface area contributed by atoms with Gasteiger partial charge in [0.05, 0.1) is 0 Å². The first-order valence-electron chi connectivity index (χ1n) is 6.04. The molecule has 0 aromatic heterocycles. The van der Waals surface area contributed by atoms with Gasteiger partial charge in [-0.2, -0.15) is 11.8 Å². The zero-order valence-electron chi connectivity index (χ0n) is 10.3. The van der Waals surface area contributed by atoms with Crippen LogP contribution < -0.4 is 0 Å². The van der Waals surface area contributed by atoms with Crippen molar-refractivity contribution < 1.29 is 0 Å². The molecule has 0 saturated heterocycles. The SMILES string of the molecule is CCSCCCC(CBr)(CBr)c1ccccc1. The molecule has 0 radical (unpaired) electrons. The Labute approximate surface area is 126 Å². The number of thioether (sulfide) groups is 1. The maximum atomic E-state index is 3.70. The van der Waals surface area contributed by atoms with E-state index in [1.54, 1.807) is 0 Å². The van der Waals surface area contributed by atoms with Crippen molar-refractivity contribution in [3.8, 4) is 0 Å². The van der Waals surface area contributed by atoms with Crippen LogP contribution in [0, 0.1) is 0 Å². The van der Waals surface area contributed by atoms with E-state index in [0.29, 0.717) is 0 Å². The van der Waals surface area contributed by atoms with E-state index in [1.807, 2.05) is 11.8 Å². The van der Waals surface area contributed by atoms with Crippen LogP contribution in [-0.2, 0) is 5.41 Å². The molecule has 17 heavy (non-hydrogen) atoms. The number of hydrogen-bond donors (Lipinski definition) is 0. The van der Waals surface area contributed by atoms with Gasteiger partial charge in [-0.25, -0.2) is 0 Å². The lowest BCUT2D eigenvalue weighted by Gasteiger charge is -2.30. The van der Waals surface area contributed by atoms with Crippen LogP contribution in [0.3, 0.4) is 0 Å². The molecule has 0 unspecified atom stereocenters. The highest BCUT2D eigenvalue weighted by atomic mass is 79.9. The van der Waals surface area contributed by atoms with Crippen molar-refractivity contribution in [3.05, 3.63) is 35.9 Å². The molecule has 0 N–H and O–H groups in total.